The summed E-state index contributed by atoms with van der Waals surface area (Å²) in [5.41, 5.74) is 7.72. The molecule has 3 rings (SSSR count). The fraction of sp³-hybridized carbons (Fsp3) is 0.632. The van der Waals surface area contributed by atoms with E-state index in [4.69, 9.17) is 15.2 Å². The van der Waals surface area contributed by atoms with Crippen LogP contribution in [-0.4, -0.2) is 30.8 Å². The third kappa shape index (κ3) is 4.08. The Hall–Kier alpha value is -1.59. The van der Waals surface area contributed by atoms with Crippen LogP contribution in [-0.2, 0) is 16.1 Å². The summed E-state index contributed by atoms with van der Waals surface area (Å²) in [5, 5.41) is 3.02. The Kier molecular flexibility index (Phi) is 5.41. The summed E-state index contributed by atoms with van der Waals surface area (Å²) >= 11 is 0. The van der Waals surface area contributed by atoms with Crippen LogP contribution in [0.3, 0.4) is 0 Å². The lowest BCUT2D eigenvalue weighted by Crippen LogP contribution is -2.54. The van der Waals surface area contributed by atoms with Gasteiger partial charge in [0.15, 0.2) is 0 Å². The summed E-state index contributed by atoms with van der Waals surface area (Å²) in [6.45, 7) is 3.86. The summed E-state index contributed by atoms with van der Waals surface area (Å²) in [6.07, 6.45) is 5.79. The summed E-state index contributed by atoms with van der Waals surface area (Å²) in [5.74, 6) is 0.790. The third-order valence-corrected chi connectivity index (χ3v) is 5.04. The number of hydrogen-bond acceptors (Lipinski definition) is 4. The molecule has 1 unspecified atom stereocenters. The van der Waals surface area contributed by atoms with Gasteiger partial charge in [0.2, 0.25) is 5.91 Å². The Bertz CT molecular complexity index is 576. The van der Waals surface area contributed by atoms with Crippen LogP contribution in [0.5, 0.6) is 5.75 Å². The van der Waals surface area contributed by atoms with Crippen LogP contribution in [0.25, 0.3) is 0 Å². The Morgan fingerprint density at radius 3 is 2.88 bits per heavy atom. The van der Waals surface area contributed by atoms with Gasteiger partial charge in [0, 0.05) is 18.5 Å². The number of hydrogen-bond donors (Lipinski definition) is 2. The molecule has 5 nitrogen and oxygen atoms in total. The van der Waals surface area contributed by atoms with Gasteiger partial charge in [-0.05, 0) is 31.4 Å². The molecule has 0 spiro atoms. The van der Waals surface area contributed by atoms with E-state index in [9.17, 15) is 4.79 Å². The molecule has 1 saturated carbocycles. The van der Waals surface area contributed by atoms with Crippen molar-refractivity contribution >= 4 is 5.91 Å². The summed E-state index contributed by atoms with van der Waals surface area (Å²) in [7, 11) is 0. The molecule has 2 aliphatic rings. The molecule has 1 amide bonds. The number of nitrogens with two attached hydrogens (primary N) is 1. The van der Waals surface area contributed by atoms with Crippen molar-refractivity contribution in [3.05, 3.63) is 29.3 Å². The molecule has 3 N–H and O–H groups in total. The first-order valence-electron chi connectivity index (χ1n) is 8.98. The highest BCUT2D eigenvalue weighted by molar-refractivity contribution is 5.86. The van der Waals surface area contributed by atoms with Gasteiger partial charge in [-0.3, -0.25) is 4.79 Å². The average Bonchev–Trinajstić information content (AvgIpc) is 3.07. The number of benzene rings is 1. The predicted octanol–water partition coefficient (Wildman–Crippen LogP) is 2.44. The number of carbonyl (C=O) groups excluding carboxylic acids is 1. The molecular weight excluding hydrogens is 304 g/mol. The quantitative estimate of drug-likeness (QED) is 0.868. The van der Waals surface area contributed by atoms with Crippen LogP contribution in [0.2, 0.25) is 0 Å². The molecule has 0 radical (unpaired) electrons. The second kappa shape index (κ2) is 7.53. The highest BCUT2D eigenvalue weighted by Gasteiger charge is 2.35. The molecule has 1 aromatic carbocycles. The minimum atomic E-state index is -0.705. The van der Waals surface area contributed by atoms with Gasteiger partial charge in [-0.25, -0.2) is 0 Å². The van der Waals surface area contributed by atoms with E-state index in [1.54, 1.807) is 0 Å². The van der Waals surface area contributed by atoms with Crippen LogP contribution in [0.4, 0.5) is 0 Å². The van der Waals surface area contributed by atoms with E-state index in [0.717, 1.165) is 55.6 Å². The Morgan fingerprint density at radius 2 is 2.17 bits per heavy atom. The van der Waals surface area contributed by atoms with Gasteiger partial charge in [0.25, 0.3) is 0 Å². The molecule has 0 bridgehead atoms. The van der Waals surface area contributed by atoms with Crippen molar-refractivity contribution in [3.63, 3.8) is 0 Å². The van der Waals surface area contributed by atoms with Crippen molar-refractivity contribution < 1.29 is 14.3 Å². The van der Waals surface area contributed by atoms with Gasteiger partial charge < -0.3 is 20.5 Å². The minimum Gasteiger partial charge on any atom is -0.488 e. The van der Waals surface area contributed by atoms with Gasteiger partial charge in [-0.2, -0.15) is 0 Å². The SMILES string of the molecule is Cc1ccc(CNC(=O)C2(N)CCCCC2)c(OC2CCOC2)c1. The fourth-order valence-electron chi connectivity index (χ4n) is 3.46. The van der Waals surface area contributed by atoms with E-state index in [1.807, 2.05) is 25.1 Å². The molecule has 1 saturated heterocycles. The monoisotopic (exact) mass is 332 g/mol. The predicted molar refractivity (Wildman–Crippen MR) is 92.9 cm³/mol. The Labute approximate surface area is 143 Å². The Balaban J connectivity index is 1.64. The molecule has 1 heterocycles. The molecule has 1 atom stereocenters. The number of ether oxygens (including phenoxy) is 2. The normalized spacial score (nSPS) is 23.0. The molecule has 1 aliphatic carbocycles. The molecule has 0 aromatic heterocycles. The lowest BCUT2D eigenvalue weighted by Gasteiger charge is -2.32. The number of amides is 1. The molecule has 1 aromatic rings. The number of rotatable bonds is 5. The van der Waals surface area contributed by atoms with Crippen molar-refractivity contribution in [3.8, 4) is 5.75 Å². The lowest BCUT2D eigenvalue weighted by atomic mass is 9.82. The first kappa shape index (κ1) is 17.2. The lowest BCUT2D eigenvalue weighted by molar-refractivity contribution is -0.127. The number of nitrogens with one attached hydrogen (secondary N) is 1. The second-order valence-corrected chi connectivity index (χ2v) is 7.11. The van der Waals surface area contributed by atoms with Crippen molar-refractivity contribution in [1.29, 1.82) is 0 Å². The van der Waals surface area contributed by atoms with Crippen LogP contribution in [0.15, 0.2) is 18.2 Å². The van der Waals surface area contributed by atoms with E-state index < -0.39 is 5.54 Å². The molecule has 2 fully saturated rings. The highest BCUT2D eigenvalue weighted by atomic mass is 16.5. The zero-order valence-corrected chi connectivity index (χ0v) is 14.5. The molecule has 1 aliphatic heterocycles. The zero-order valence-electron chi connectivity index (χ0n) is 14.5. The van der Waals surface area contributed by atoms with E-state index in [-0.39, 0.29) is 12.0 Å². The molecular formula is C19H28N2O3. The first-order valence-corrected chi connectivity index (χ1v) is 8.98. The minimum absolute atomic E-state index is 0.0436. The average molecular weight is 332 g/mol. The molecule has 5 heteroatoms. The first-order chi connectivity index (χ1) is 11.6. The summed E-state index contributed by atoms with van der Waals surface area (Å²) in [4.78, 5) is 12.5. The maximum atomic E-state index is 12.5. The largest absolute Gasteiger partial charge is 0.488 e. The topological polar surface area (TPSA) is 73.6 Å². The van der Waals surface area contributed by atoms with Crippen molar-refractivity contribution in [2.24, 2.45) is 5.73 Å². The van der Waals surface area contributed by atoms with Gasteiger partial charge in [0.05, 0.1) is 18.8 Å². The fourth-order valence-corrected chi connectivity index (χ4v) is 3.46. The van der Waals surface area contributed by atoms with Gasteiger partial charge in [-0.15, -0.1) is 0 Å². The molecule has 24 heavy (non-hydrogen) atoms. The number of aryl methyl sites for hydroxylation is 1. The maximum absolute atomic E-state index is 12.5. The molecule has 132 valence electrons. The summed E-state index contributed by atoms with van der Waals surface area (Å²) in [6, 6.07) is 6.09. The highest BCUT2D eigenvalue weighted by Crippen LogP contribution is 2.27. The zero-order chi connectivity index (χ0) is 17.0. The van der Waals surface area contributed by atoms with E-state index in [1.165, 1.54) is 6.42 Å². The van der Waals surface area contributed by atoms with E-state index in [2.05, 4.69) is 5.32 Å². The standard InChI is InChI=1S/C19H28N2O3/c1-14-5-6-15(17(11-14)24-16-7-10-23-13-16)12-21-18(22)19(20)8-3-2-4-9-19/h5-6,11,16H,2-4,7-10,12-13,20H2,1H3,(H,21,22). The van der Waals surface area contributed by atoms with Crippen LogP contribution >= 0.6 is 0 Å². The van der Waals surface area contributed by atoms with Crippen molar-refractivity contribution in [1.82, 2.24) is 5.32 Å². The van der Waals surface area contributed by atoms with Gasteiger partial charge >= 0.3 is 0 Å². The van der Waals surface area contributed by atoms with Crippen LogP contribution in [0.1, 0.15) is 49.7 Å². The van der Waals surface area contributed by atoms with E-state index in [0.29, 0.717) is 13.2 Å². The third-order valence-electron chi connectivity index (χ3n) is 5.04. The van der Waals surface area contributed by atoms with Crippen molar-refractivity contribution in [2.45, 2.75) is 63.6 Å². The van der Waals surface area contributed by atoms with Gasteiger partial charge in [0.1, 0.15) is 11.9 Å². The van der Waals surface area contributed by atoms with Crippen molar-refractivity contribution in [2.75, 3.05) is 13.2 Å². The number of carbonyl (C=O) groups is 1. The van der Waals surface area contributed by atoms with E-state index >= 15 is 0 Å². The second-order valence-electron chi connectivity index (χ2n) is 7.11. The van der Waals surface area contributed by atoms with Crippen LogP contribution < -0.4 is 15.8 Å². The maximum Gasteiger partial charge on any atom is 0.240 e. The van der Waals surface area contributed by atoms with Crippen LogP contribution in [0, 0.1) is 6.92 Å². The summed E-state index contributed by atoms with van der Waals surface area (Å²) < 4.78 is 11.5. The Morgan fingerprint density at radius 1 is 1.38 bits per heavy atom. The smallest absolute Gasteiger partial charge is 0.240 e. The van der Waals surface area contributed by atoms with Gasteiger partial charge in [-0.1, -0.05) is 31.4 Å².